The molecule has 0 unspecified atom stereocenters. The predicted octanol–water partition coefficient (Wildman–Crippen LogP) is 2.08. The third kappa shape index (κ3) is 2.68. The second-order valence-corrected chi connectivity index (χ2v) is 2.78. The Morgan fingerprint density at radius 3 is 2.50 bits per heavy atom. The Bertz CT molecular complexity index is 453. The summed E-state index contributed by atoms with van der Waals surface area (Å²) in [7, 11) is 0. The Morgan fingerprint density at radius 1 is 1.25 bits per heavy atom. The van der Waals surface area contributed by atoms with Crippen LogP contribution in [0.4, 0.5) is 13.2 Å². The van der Waals surface area contributed by atoms with Crippen molar-refractivity contribution in [2.24, 2.45) is 0 Å². The van der Waals surface area contributed by atoms with Crippen molar-refractivity contribution < 1.29 is 33.3 Å². The van der Waals surface area contributed by atoms with E-state index in [1.54, 1.807) is 18.2 Å². The Kier molecular flexibility index (Phi) is 3.83. The minimum absolute atomic E-state index is 0. The fourth-order valence-corrected chi connectivity index (χ4v) is 1.04. The maximum Gasteiger partial charge on any atom is 0.391 e. The van der Waals surface area contributed by atoms with E-state index in [-0.39, 0.29) is 20.1 Å². The maximum atomic E-state index is 12.2. The molecule has 0 atom stereocenters. The van der Waals surface area contributed by atoms with Crippen LogP contribution in [0.3, 0.4) is 0 Å². The number of nitrogens with zero attached hydrogens (tertiary/aromatic N) is 3. The molecule has 0 spiro atoms. The molecule has 0 fully saturated rings. The van der Waals surface area contributed by atoms with Crippen molar-refractivity contribution >= 4 is 0 Å². The largest absolute Gasteiger partial charge is 0.418 e. The van der Waals surface area contributed by atoms with Crippen molar-refractivity contribution in [3.8, 4) is 5.82 Å². The number of halogens is 3. The van der Waals surface area contributed by atoms with Gasteiger partial charge in [-0.2, -0.15) is 13.2 Å². The van der Waals surface area contributed by atoms with E-state index < -0.39 is 11.9 Å². The van der Waals surface area contributed by atoms with Gasteiger partial charge in [0.25, 0.3) is 0 Å². The number of aromatic nitrogens is 3. The fourth-order valence-electron chi connectivity index (χ4n) is 1.04. The van der Waals surface area contributed by atoms with E-state index in [2.05, 4.69) is 16.3 Å². The molecule has 1 radical (unpaired) electrons. The summed E-state index contributed by atoms with van der Waals surface area (Å²) in [5, 5.41) is 0. The van der Waals surface area contributed by atoms with E-state index >= 15 is 0 Å². The van der Waals surface area contributed by atoms with Crippen molar-refractivity contribution in [1.29, 1.82) is 0 Å². The molecule has 0 saturated carbocycles. The molecule has 16 heavy (non-hydrogen) atoms. The quantitative estimate of drug-likeness (QED) is 0.682. The molecule has 2 aromatic heterocycles. The van der Waals surface area contributed by atoms with Gasteiger partial charge >= 0.3 is 6.18 Å². The first-order valence-corrected chi connectivity index (χ1v) is 4.03. The number of rotatable bonds is 1. The molecule has 0 aromatic carbocycles. The van der Waals surface area contributed by atoms with Gasteiger partial charge in [-0.15, -0.1) is 0 Å². The van der Waals surface area contributed by atoms with E-state index in [1.165, 1.54) is 6.20 Å². The van der Waals surface area contributed by atoms with Crippen LogP contribution in [0, 0.1) is 6.33 Å². The average Bonchev–Trinajstić information content (AvgIpc) is 2.67. The van der Waals surface area contributed by atoms with Crippen LogP contribution in [0.15, 0.2) is 30.6 Å². The average molecular weight is 404 g/mol. The summed E-state index contributed by atoms with van der Waals surface area (Å²) < 4.78 is 37.7. The van der Waals surface area contributed by atoms with Crippen molar-refractivity contribution in [3.05, 3.63) is 42.6 Å². The van der Waals surface area contributed by atoms with Crippen LogP contribution in [-0.4, -0.2) is 14.5 Å². The molecule has 3 nitrogen and oxygen atoms in total. The minimum Gasteiger partial charge on any atom is -0.418 e. The van der Waals surface area contributed by atoms with Gasteiger partial charge in [0.15, 0.2) is 0 Å². The van der Waals surface area contributed by atoms with Crippen molar-refractivity contribution in [2.45, 2.75) is 6.18 Å². The Labute approximate surface area is 103 Å². The summed E-state index contributed by atoms with van der Waals surface area (Å²) in [6.07, 6.45) is 0.0970. The second kappa shape index (κ2) is 4.76. The van der Waals surface area contributed by atoms with Crippen LogP contribution in [-0.2, 0) is 26.3 Å². The van der Waals surface area contributed by atoms with E-state index in [4.69, 9.17) is 0 Å². The van der Waals surface area contributed by atoms with Crippen LogP contribution >= 0.6 is 0 Å². The van der Waals surface area contributed by atoms with E-state index in [9.17, 15) is 13.2 Å². The minimum atomic E-state index is -4.45. The van der Waals surface area contributed by atoms with Gasteiger partial charge in [-0.1, -0.05) is 18.3 Å². The molecule has 2 rings (SSSR count). The van der Waals surface area contributed by atoms with Crippen molar-refractivity contribution in [3.63, 3.8) is 0 Å². The summed E-state index contributed by atoms with van der Waals surface area (Å²) in [5.74, 6) is 0.348. The molecule has 0 bridgehead atoms. The fraction of sp³-hybridized carbons (Fsp3) is 0.111. The van der Waals surface area contributed by atoms with E-state index in [0.717, 1.165) is 10.8 Å². The molecule has 0 aliphatic carbocycles. The van der Waals surface area contributed by atoms with Crippen LogP contribution < -0.4 is 0 Å². The summed E-state index contributed by atoms with van der Waals surface area (Å²) in [4.78, 5) is 7.01. The van der Waals surface area contributed by atoms with Gasteiger partial charge in [-0.3, -0.25) is 4.98 Å². The molecule has 2 heterocycles. The molecule has 0 N–H and O–H groups in total. The van der Waals surface area contributed by atoms with Crippen LogP contribution in [0.5, 0.6) is 0 Å². The van der Waals surface area contributed by atoms with E-state index in [1.807, 2.05) is 0 Å². The van der Waals surface area contributed by atoms with E-state index in [0.29, 0.717) is 5.82 Å². The topological polar surface area (TPSA) is 30.7 Å². The Hall–Kier alpha value is -1.20. The predicted molar refractivity (Wildman–Crippen MR) is 45.2 cm³/mol. The van der Waals surface area contributed by atoms with Gasteiger partial charge < -0.3 is 9.55 Å². The maximum absolute atomic E-state index is 12.2. The van der Waals surface area contributed by atoms with Gasteiger partial charge in [0.05, 0.1) is 5.82 Å². The molecule has 0 amide bonds. The van der Waals surface area contributed by atoms with Gasteiger partial charge in [-0.25, -0.2) is 0 Å². The van der Waals surface area contributed by atoms with Gasteiger partial charge in [0, 0.05) is 38.3 Å². The zero-order valence-electron chi connectivity index (χ0n) is 7.70. The molecule has 0 saturated heterocycles. The molecule has 0 aliphatic rings. The number of alkyl halides is 3. The molecule has 7 heteroatoms. The Morgan fingerprint density at radius 2 is 2.00 bits per heavy atom. The summed E-state index contributed by atoms with van der Waals surface area (Å²) in [6.45, 7) is 0. The number of hydrogen-bond donors (Lipinski definition) is 0. The zero-order valence-corrected chi connectivity index (χ0v) is 10.1. The summed E-state index contributed by atoms with van der Waals surface area (Å²) >= 11 is 0. The second-order valence-electron chi connectivity index (χ2n) is 2.78. The number of imidazole rings is 1. The molecular formula is C9H5F3IrN3-. The van der Waals surface area contributed by atoms with Gasteiger partial charge in [0.1, 0.15) is 0 Å². The SMILES string of the molecule is FC(F)(F)c1cn(-c2ccccn2)[c-]n1.[Ir]. The monoisotopic (exact) mass is 405 g/mol. The number of pyridine rings is 1. The first-order chi connectivity index (χ1) is 7.07. The Balaban J connectivity index is 0.00000128. The zero-order chi connectivity index (χ0) is 10.9. The first kappa shape index (κ1) is 12.9. The van der Waals surface area contributed by atoms with Crippen LogP contribution in [0.1, 0.15) is 5.69 Å². The molecule has 87 valence electrons. The molecular weight excluding hydrogens is 399 g/mol. The standard InChI is InChI=1S/C9H5F3N3.Ir/c10-9(11,12)7-5-15(6-14-7)8-3-1-2-4-13-8;/h1-5H;/q-1;. The smallest absolute Gasteiger partial charge is 0.391 e. The molecule has 0 aliphatic heterocycles. The summed E-state index contributed by atoms with van der Waals surface area (Å²) in [5.41, 5.74) is -0.979. The van der Waals surface area contributed by atoms with Crippen molar-refractivity contribution in [1.82, 2.24) is 14.5 Å². The third-order valence-electron chi connectivity index (χ3n) is 1.72. The first-order valence-electron chi connectivity index (χ1n) is 4.03. The van der Waals surface area contributed by atoms with Crippen LogP contribution in [0.25, 0.3) is 5.82 Å². The van der Waals surface area contributed by atoms with Crippen molar-refractivity contribution in [2.75, 3.05) is 0 Å². The number of hydrogen-bond acceptors (Lipinski definition) is 2. The summed E-state index contributed by atoms with van der Waals surface area (Å²) in [6, 6.07) is 4.91. The third-order valence-corrected chi connectivity index (χ3v) is 1.72. The van der Waals surface area contributed by atoms with Crippen LogP contribution in [0.2, 0.25) is 0 Å². The van der Waals surface area contributed by atoms with Gasteiger partial charge in [0.2, 0.25) is 0 Å². The van der Waals surface area contributed by atoms with Gasteiger partial charge in [-0.05, 0) is 6.07 Å². The normalized spacial score (nSPS) is 10.9. The molecule has 2 aromatic rings.